The van der Waals surface area contributed by atoms with Gasteiger partial charge in [0.15, 0.2) is 0 Å². The van der Waals surface area contributed by atoms with E-state index in [4.69, 9.17) is 0 Å². The molecular weight excluding hydrogens is 288 g/mol. The zero-order valence-corrected chi connectivity index (χ0v) is 20.3. The first-order valence-electron chi connectivity index (χ1n) is 10.8. The topological polar surface area (TPSA) is 0 Å². The Kier molecular flexibility index (Phi) is 27.8. The Morgan fingerprint density at radius 2 is 0.917 bits per heavy atom. The summed E-state index contributed by atoms with van der Waals surface area (Å²) in [6, 6.07) is 0. The second kappa shape index (κ2) is 21.0. The molecule has 0 aliphatic carbocycles. The lowest BCUT2D eigenvalue weighted by Crippen LogP contribution is -2.00. The lowest BCUT2D eigenvalue weighted by Gasteiger charge is -2.12. The van der Waals surface area contributed by atoms with Crippen molar-refractivity contribution in [3.8, 4) is 0 Å². The van der Waals surface area contributed by atoms with Crippen LogP contribution in [0.3, 0.4) is 0 Å². The molecule has 0 N–H and O–H groups in total. The highest BCUT2D eigenvalue weighted by Crippen LogP contribution is 2.16. The molecular formula is C24H56. The Morgan fingerprint density at radius 3 is 0.917 bits per heavy atom. The van der Waals surface area contributed by atoms with Crippen molar-refractivity contribution in [1.29, 1.82) is 0 Å². The van der Waals surface area contributed by atoms with E-state index in [9.17, 15) is 0 Å². The van der Waals surface area contributed by atoms with E-state index in [0.29, 0.717) is 5.41 Å². The van der Waals surface area contributed by atoms with Gasteiger partial charge in [0.05, 0.1) is 0 Å². The zero-order chi connectivity index (χ0) is 20.3. The van der Waals surface area contributed by atoms with Crippen LogP contribution in [0.25, 0.3) is 0 Å². The fourth-order valence-electron chi connectivity index (χ4n) is 0.866. The van der Waals surface area contributed by atoms with Gasteiger partial charge in [-0.25, -0.2) is 0 Å². The van der Waals surface area contributed by atoms with E-state index >= 15 is 0 Å². The van der Waals surface area contributed by atoms with Crippen LogP contribution >= 0.6 is 0 Å². The van der Waals surface area contributed by atoms with Crippen LogP contribution in [0.1, 0.15) is 129 Å². The van der Waals surface area contributed by atoms with Crippen LogP contribution in [-0.2, 0) is 0 Å². The summed E-state index contributed by atoms with van der Waals surface area (Å²) in [7, 11) is 0. The van der Waals surface area contributed by atoms with Crippen LogP contribution in [0.5, 0.6) is 0 Å². The van der Waals surface area contributed by atoms with Crippen LogP contribution in [0.2, 0.25) is 0 Å². The molecule has 0 saturated heterocycles. The highest BCUT2D eigenvalue weighted by atomic mass is 14.1. The fraction of sp³-hybridized carbons (Fsp3) is 1.00. The molecule has 0 fully saturated rings. The van der Waals surface area contributed by atoms with Gasteiger partial charge in [0, 0.05) is 0 Å². The van der Waals surface area contributed by atoms with Crippen molar-refractivity contribution in [2.45, 2.75) is 129 Å². The SMILES string of the molecule is CC(C)C(C)C.CCC(C)(C)C.CCC(C)CC.CCCC(C)C. The highest BCUT2D eigenvalue weighted by molar-refractivity contribution is 4.55. The van der Waals surface area contributed by atoms with Crippen LogP contribution in [-0.4, -0.2) is 0 Å². The van der Waals surface area contributed by atoms with Gasteiger partial charge in [-0.2, -0.15) is 0 Å². The van der Waals surface area contributed by atoms with E-state index < -0.39 is 0 Å². The van der Waals surface area contributed by atoms with Gasteiger partial charge in [-0.05, 0) is 29.1 Å². The first-order chi connectivity index (χ1) is 10.8. The van der Waals surface area contributed by atoms with Gasteiger partial charge in [-0.3, -0.25) is 0 Å². The maximum atomic E-state index is 2.28. The molecule has 0 aromatic carbocycles. The maximum absolute atomic E-state index is 2.28. The summed E-state index contributed by atoms with van der Waals surface area (Å²) in [5.74, 6) is 3.54. The molecule has 0 atom stereocenters. The predicted molar refractivity (Wildman–Crippen MR) is 119 cm³/mol. The van der Waals surface area contributed by atoms with Gasteiger partial charge in [0.1, 0.15) is 0 Å². The summed E-state index contributed by atoms with van der Waals surface area (Å²) in [5, 5.41) is 0. The molecule has 0 aliphatic rings. The summed E-state index contributed by atoms with van der Waals surface area (Å²) < 4.78 is 0. The van der Waals surface area contributed by atoms with E-state index in [1.54, 1.807) is 0 Å². The molecule has 0 amide bonds. The largest absolute Gasteiger partial charge is 0.0654 e. The number of rotatable bonds is 5. The predicted octanol–water partition coefficient (Wildman–Crippen LogP) is 9.63. The minimum absolute atomic E-state index is 0.542. The van der Waals surface area contributed by atoms with Crippen molar-refractivity contribution >= 4 is 0 Å². The molecule has 0 spiro atoms. The molecule has 0 rings (SSSR count). The Bertz CT molecular complexity index is 183. The summed E-state index contributed by atoms with van der Waals surface area (Å²) in [6.07, 6.45) is 6.64. The first kappa shape index (κ1) is 31.7. The molecule has 0 radical (unpaired) electrons. The van der Waals surface area contributed by atoms with Crippen LogP contribution in [0.4, 0.5) is 0 Å². The molecule has 0 aliphatic heterocycles. The molecule has 24 heavy (non-hydrogen) atoms. The average Bonchev–Trinajstić information content (AvgIpc) is 2.47. The van der Waals surface area contributed by atoms with Crippen LogP contribution in [0.15, 0.2) is 0 Å². The van der Waals surface area contributed by atoms with Gasteiger partial charge >= 0.3 is 0 Å². The minimum atomic E-state index is 0.542. The smallest absolute Gasteiger partial charge is 0.0385 e. The van der Waals surface area contributed by atoms with E-state index in [2.05, 4.69) is 96.9 Å². The summed E-state index contributed by atoms with van der Waals surface area (Å²) in [4.78, 5) is 0. The monoisotopic (exact) mass is 344 g/mol. The Morgan fingerprint density at radius 1 is 0.625 bits per heavy atom. The maximum Gasteiger partial charge on any atom is -0.0385 e. The van der Waals surface area contributed by atoms with Crippen molar-refractivity contribution < 1.29 is 0 Å². The summed E-state index contributed by atoms with van der Waals surface area (Å²) in [5.41, 5.74) is 0.542. The second-order valence-electron chi connectivity index (χ2n) is 9.51. The standard InChI is InChI=1S/4C6H14/c1-5-6(2,3)4;1-5(2)6(3)4;1-4-5-6(2)3;1-4-6(3)5-2/h5H2,1-4H3;5-6H,1-4H3;2*6H,4-5H2,1-3H3. The normalized spacial score (nSPS) is 10.8. The minimum Gasteiger partial charge on any atom is -0.0654 e. The second-order valence-corrected chi connectivity index (χ2v) is 9.51. The third kappa shape index (κ3) is 49.5. The van der Waals surface area contributed by atoms with Crippen molar-refractivity contribution in [2.24, 2.45) is 29.1 Å². The van der Waals surface area contributed by atoms with Crippen molar-refractivity contribution in [2.75, 3.05) is 0 Å². The van der Waals surface area contributed by atoms with Crippen LogP contribution < -0.4 is 0 Å². The third-order valence-corrected chi connectivity index (χ3v) is 4.65. The molecule has 0 nitrogen and oxygen atoms in total. The van der Waals surface area contributed by atoms with E-state index in [0.717, 1.165) is 23.7 Å². The zero-order valence-electron chi connectivity index (χ0n) is 20.3. The molecule has 0 heteroatoms. The molecule has 0 unspecified atom stereocenters. The Labute approximate surface area is 158 Å². The van der Waals surface area contributed by atoms with E-state index in [1.165, 1.54) is 32.1 Å². The van der Waals surface area contributed by atoms with Crippen molar-refractivity contribution in [3.63, 3.8) is 0 Å². The highest BCUT2D eigenvalue weighted by Gasteiger charge is 2.03. The fourth-order valence-corrected chi connectivity index (χ4v) is 0.866. The average molecular weight is 345 g/mol. The molecule has 0 aromatic heterocycles. The van der Waals surface area contributed by atoms with Gasteiger partial charge in [0.2, 0.25) is 0 Å². The Hall–Kier alpha value is 0. The molecule has 0 aromatic rings. The van der Waals surface area contributed by atoms with Gasteiger partial charge in [-0.1, -0.05) is 129 Å². The van der Waals surface area contributed by atoms with Crippen molar-refractivity contribution in [1.82, 2.24) is 0 Å². The number of hydrogen-bond acceptors (Lipinski definition) is 0. The number of hydrogen-bond donors (Lipinski definition) is 0. The molecule has 152 valence electrons. The van der Waals surface area contributed by atoms with Crippen LogP contribution in [0, 0.1) is 29.1 Å². The van der Waals surface area contributed by atoms with E-state index in [-0.39, 0.29) is 0 Å². The quantitative estimate of drug-likeness (QED) is 0.465. The van der Waals surface area contributed by atoms with E-state index in [1.807, 2.05) is 0 Å². The van der Waals surface area contributed by atoms with Gasteiger partial charge in [0.25, 0.3) is 0 Å². The summed E-state index contributed by atoms with van der Waals surface area (Å²) in [6.45, 7) is 31.4. The Balaban J connectivity index is -0.000000111. The lowest BCUT2D eigenvalue weighted by molar-refractivity contribution is 0.398. The molecule has 0 saturated carbocycles. The van der Waals surface area contributed by atoms with Crippen molar-refractivity contribution in [3.05, 3.63) is 0 Å². The lowest BCUT2D eigenvalue weighted by atomic mass is 9.94. The summed E-state index contributed by atoms with van der Waals surface area (Å²) >= 11 is 0. The molecule has 0 heterocycles. The first-order valence-corrected chi connectivity index (χ1v) is 10.8. The van der Waals surface area contributed by atoms with Gasteiger partial charge in [-0.15, -0.1) is 0 Å². The van der Waals surface area contributed by atoms with Gasteiger partial charge < -0.3 is 0 Å². The molecule has 0 bridgehead atoms. The third-order valence-electron chi connectivity index (χ3n) is 4.65.